The fraction of sp³-hybridized carbons (Fsp3) is 0.462. The van der Waals surface area contributed by atoms with Crippen molar-refractivity contribution in [3.8, 4) is 5.75 Å². The standard InChI is InChI=1S/C13H17ClN2O4S/c1-21(18,19)8-6-15-13(17)16-11-5-7-20-12-9(11)3-2-4-10(12)14/h2-4,11H,5-8H2,1H3,(H2,15,16,17). The number of carbonyl (C=O) groups excluding carboxylic acids is 1. The average molecular weight is 333 g/mol. The zero-order valence-corrected chi connectivity index (χ0v) is 13.1. The van der Waals surface area contributed by atoms with Gasteiger partial charge in [0, 0.05) is 24.8 Å². The molecular formula is C13H17ClN2O4S. The first kappa shape index (κ1) is 15.9. The van der Waals surface area contributed by atoms with Gasteiger partial charge >= 0.3 is 6.03 Å². The van der Waals surface area contributed by atoms with E-state index < -0.39 is 15.9 Å². The Balaban J connectivity index is 1.96. The molecule has 0 aromatic heterocycles. The van der Waals surface area contributed by atoms with Gasteiger partial charge in [0.05, 0.1) is 23.4 Å². The van der Waals surface area contributed by atoms with Gasteiger partial charge in [-0.05, 0) is 6.07 Å². The molecule has 6 nitrogen and oxygen atoms in total. The quantitative estimate of drug-likeness (QED) is 0.875. The molecule has 8 heteroatoms. The first-order chi connectivity index (χ1) is 9.87. The Morgan fingerprint density at radius 3 is 2.95 bits per heavy atom. The third kappa shape index (κ3) is 4.50. The Morgan fingerprint density at radius 1 is 1.48 bits per heavy atom. The molecule has 2 amide bonds. The zero-order chi connectivity index (χ0) is 15.5. The minimum Gasteiger partial charge on any atom is -0.492 e. The van der Waals surface area contributed by atoms with Crippen LogP contribution >= 0.6 is 11.6 Å². The molecule has 1 atom stereocenters. The predicted molar refractivity (Wildman–Crippen MR) is 80.6 cm³/mol. The second-order valence-electron chi connectivity index (χ2n) is 4.88. The van der Waals surface area contributed by atoms with Crippen LogP contribution in [-0.4, -0.2) is 39.6 Å². The molecule has 21 heavy (non-hydrogen) atoms. The molecule has 1 aliphatic heterocycles. The van der Waals surface area contributed by atoms with Crippen LogP contribution in [0.15, 0.2) is 18.2 Å². The SMILES string of the molecule is CS(=O)(=O)CCNC(=O)NC1CCOc2c(Cl)cccc21. The van der Waals surface area contributed by atoms with Crippen LogP contribution < -0.4 is 15.4 Å². The number of fused-ring (bicyclic) bond motifs is 1. The minimum absolute atomic E-state index is 0.0797. The number of urea groups is 1. The highest BCUT2D eigenvalue weighted by Gasteiger charge is 2.24. The molecule has 1 aliphatic rings. The van der Waals surface area contributed by atoms with Gasteiger partial charge in [0.1, 0.15) is 15.6 Å². The van der Waals surface area contributed by atoms with E-state index in [1.54, 1.807) is 12.1 Å². The van der Waals surface area contributed by atoms with Crippen LogP contribution in [0.2, 0.25) is 5.02 Å². The summed E-state index contributed by atoms with van der Waals surface area (Å²) in [6.45, 7) is 0.543. The Morgan fingerprint density at radius 2 is 2.24 bits per heavy atom. The monoisotopic (exact) mass is 332 g/mol. The number of para-hydroxylation sites is 1. The molecule has 1 aromatic carbocycles. The van der Waals surface area contributed by atoms with Crippen LogP contribution in [0.5, 0.6) is 5.75 Å². The van der Waals surface area contributed by atoms with Crippen molar-refractivity contribution in [1.82, 2.24) is 10.6 Å². The summed E-state index contributed by atoms with van der Waals surface area (Å²) in [6.07, 6.45) is 1.76. The average Bonchev–Trinajstić information content (AvgIpc) is 2.38. The van der Waals surface area contributed by atoms with Crippen molar-refractivity contribution in [3.05, 3.63) is 28.8 Å². The zero-order valence-electron chi connectivity index (χ0n) is 11.6. The number of rotatable bonds is 4. The molecular weight excluding hydrogens is 316 g/mol. The number of hydrogen-bond donors (Lipinski definition) is 2. The van der Waals surface area contributed by atoms with Gasteiger partial charge in [-0.1, -0.05) is 23.7 Å². The maximum atomic E-state index is 11.8. The van der Waals surface area contributed by atoms with Gasteiger partial charge in [0.15, 0.2) is 0 Å². The summed E-state index contributed by atoms with van der Waals surface area (Å²) in [7, 11) is -3.09. The molecule has 0 radical (unpaired) electrons. The summed E-state index contributed by atoms with van der Waals surface area (Å²) < 4.78 is 27.5. The molecule has 0 saturated heterocycles. The second-order valence-corrected chi connectivity index (χ2v) is 7.54. The summed E-state index contributed by atoms with van der Waals surface area (Å²) in [5, 5.41) is 5.84. The van der Waals surface area contributed by atoms with Crippen LogP contribution in [0.1, 0.15) is 18.0 Å². The van der Waals surface area contributed by atoms with Crippen molar-refractivity contribution in [1.29, 1.82) is 0 Å². The summed E-state index contributed by atoms with van der Waals surface area (Å²) in [5.41, 5.74) is 0.826. The number of amides is 2. The van der Waals surface area contributed by atoms with E-state index in [4.69, 9.17) is 16.3 Å². The molecule has 0 fully saturated rings. The first-order valence-electron chi connectivity index (χ1n) is 6.50. The van der Waals surface area contributed by atoms with Gasteiger partial charge in [-0.3, -0.25) is 0 Å². The number of benzene rings is 1. The third-order valence-corrected chi connectivity index (χ3v) is 4.33. The van der Waals surface area contributed by atoms with Gasteiger partial charge in [-0.2, -0.15) is 0 Å². The minimum atomic E-state index is -3.09. The summed E-state index contributed by atoms with van der Waals surface area (Å²) in [4.78, 5) is 11.8. The lowest BCUT2D eigenvalue weighted by Gasteiger charge is -2.27. The number of sulfone groups is 1. The lowest BCUT2D eigenvalue weighted by atomic mass is 10.0. The van der Waals surface area contributed by atoms with Crippen molar-refractivity contribution in [2.45, 2.75) is 12.5 Å². The lowest BCUT2D eigenvalue weighted by molar-refractivity contribution is 0.224. The molecule has 0 saturated carbocycles. The van der Waals surface area contributed by atoms with E-state index >= 15 is 0 Å². The molecule has 1 unspecified atom stereocenters. The number of halogens is 1. The molecule has 1 aromatic rings. The Labute approximate surface area is 128 Å². The van der Waals surface area contributed by atoms with E-state index in [1.165, 1.54) is 0 Å². The Hall–Kier alpha value is -1.47. The maximum absolute atomic E-state index is 11.8. The largest absolute Gasteiger partial charge is 0.492 e. The molecule has 0 spiro atoms. The van der Waals surface area contributed by atoms with Crippen molar-refractivity contribution in [2.24, 2.45) is 0 Å². The van der Waals surface area contributed by atoms with Crippen LogP contribution in [-0.2, 0) is 9.84 Å². The molecule has 0 bridgehead atoms. The molecule has 2 N–H and O–H groups in total. The van der Waals surface area contributed by atoms with Gasteiger partial charge < -0.3 is 15.4 Å². The van der Waals surface area contributed by atoms with E-state index in [9.17, 15) is 13.2 Å². The third-order valence-electron chi connectivity index (χ3n) is 3.09. The summed E-state index contributed by atoms with van der Waals surface area (Å²) in [6, 6.07) is 4.77. The highest BCUT2D eigenvalue weighted by molar-refractivity contribution is 7.90. The maximum Gasteiger partial charge on any atom is 0.315 e. The van der Waals surface area contributed by atoms with E-state index in [-0.39, 0.29) is 18.3 Å². The van der Waals surface area contributed by atoms with Crippen molar-refractivity contribution < 1.29 is 17.9 Å². The number of nitrogens with one attached hydrogen (secondary N) is 2. The van der Waals surface area contributed by atoms with Gasteiger partial charge in [0.25, 0.3) is 0 Å². The molecule has 1 heterocycles. The fourth-order valence-electron chi connectivity index (χ4n) is 2.10. The van der Waals surface area contributed by atoms with Crippen LogP contribution in [0, 0.1) is 0 Å². The second kappa shape index (κ2) is 6.53. The smallest absolute Gasteiger partial charge is 0.315 e. The Bertz CT molecular complexity index is 633. The topological polar surface area (TPSA) is 84.5 Å². The highest BCUT2D eigenvalue weighted by atomic mass is 35.5. The van der Waals surface area contributed by atoms with Crippen molar-refractivity contribution >= 4 is 27.5 Å². The van der Waals surface area contributed by atoms with Crippen LogP contribution in [0.25, 0.3) is 0 Å². The van der Waals surface area contributed by atoms with Gasteiger partial charge in [-0.25, -0.2) is 13.2 Å². The normalized spacial score (nSPS) is 17.5. The fourth-order valence-corrected chi connectivity index (χ4v) is 2.80. The Kier molecular flexibility index (Phi) is 4.95. The predicted octanol–water partition coefficient (Wildman–Crippen LogP) is 1.51. The van der Waals surface area contributed by atoms with E-state index in [0.717, 1.165) is 11.8 Å². The van der Waals surface area contributed by atoms with Gasteiger partial charge in [0.2, 0.25) is 0 Å². The van der Waals surface area contributed by atoms with Crippen LogP contribution in [0.4, 0.5) is 4.79 Å². The molecule has 0 aliphatic carbocycles. The van der Waals surface area contributed by atoms with Gasteiger partial charge in [-0.15, -0.1) is 0 Å². The number of ether oxygens (including phenoxy) is 1. The molecule has 2 rings (SSSR count). The number of hydrogen-bond acceptors (Lipinski definition) is 4. The molecule has 116 valence electrons. The van der Waals surface area contributed by atoms with Crippen molar-refractivity contribution in [3.63, 3.8) is 0 Å². The van der Waals surface area contributed by atoms with Crippen LogP contribution in [0.3, 0.4) is 0 Å². The highest BCUT2D eigenvalue weighted by Crippen LogP contribution is 2.37. The first-order valence-corrected chi connectivity index (χ1v) is 8.94. The lowest BCUT2D eigenvalue weighted by Crippen LogP contribution is -2.41. The van der Waals surface area contributed by atoms with Crippen molar-refractivity contribution in [2.75, 3.05) is 25.2 Å². The van der Waals surface area contributed by atoms with E-state index in [1.807, 2.05) is 6.07 Å². The van der Waals surface area contributed by atoms with E-state index in [2.05, 4.69) is 10.6 Å². The number of carbonyl (C=O) groups is 1. The summed E-state index contributed by atoms with van der Waals surface area (Å²) >= 11 is 6.06. The van der Waals surface area contributed by atoms with E-state index in [0.29, 0.717) is 23.8 Å². The summed E-state index contributed by atoms with van der Waals surface area (Å²) in [5.74, 6) is 0.503.